The molecule has 44 heteroatoms. The molecule has 1 aromatic carbocycles. The zero-order chi connectivity index (χ0) is 87.8. The van der Waals surface area contributed by atoms with Crippen LogP contribution in [0, 0.1) is 0 Å². The molecule has 0 aliphatic carbocycles. The normalized spacial score (nSPS) is 13.6. The van der Waals surface area contributed by atoms with E-state index in [0.717, 1.165) is 83.1 Å². The molecular weight excluding hydrogens is 1570 g/mol. The Labute approximate surface area is 675 Å². The van der Waals surface area contributed by atoms with Gasteiger partial charge in [0.1, 0.15) is 22.8 Å². The Balaban J connectivity index is 3.26. The van der Waals surface area contributed by atoms with Crippen molar-refractivity contribution in [1.82, 2.24) is 36.8 Å². The van der Waals surface area contributed by atoms with E-state index >= 15 is 0 Å². The van der Waals surface area contributed by atoms with Crippen molar-refractivity contribution in [2.45, 2.75) is 152 Å². The molecule has 0 saturated heterocycles. The van der Waals surface area contributed by atoms with Crippen LogP contribution in [-0.4, -0.2) is 309 Å². The maximum atomic E-state index is 14.3. The minimum Gasteiger partial charge on any atom is -0.508 e. The lowest BCUT2D eigenvalue weighted by molar-refractivity contribution is -0.154. The summed E-state index contributed by atoms with van der Waals surface area (Å²) in [6.07, 6.45) is -11.1. The fourth-order valence-corrected chi connectivity index (χ4v) is 9.67. The maximum Gasteiger partial charge on any atom is 0.307 e. The number of nitrogens with zero attached hydrogens (tertiary/aromatic N) is 1. The Kier molecular flexibility index (Phi) is 54.8. The molecule has 1 aromatic rings. The van der Waals surface area contributed by atoms with Crippen molar-refractivity contribution >= 4 is 89.2 Å². The zero-order valence-electron chi connectivity index (χ0n) is 67.7. The van der Waals surface area contributed by atoms with Gasteiger partial charge in [0.25, 0.3) is 0 Å². The van der Waals surface area contributed by atoms with E-state index in [4.69, 9.17) is 85.3 Å². The predicted octanol–water partition coefficient (Wildman–Crippen LogP) is -2.55. The molecular formula is C73H111N7O37. The first kappa shape index (κ1) is 105. The lowest BCUT2D eigenvalue weighted by Gasteiger charge is -2.30. The van der Waals surface area contributed by atoms with Gasteiger partial charge in [-0.1, -0.05) is 12.1 Å². The molecule has 0 aliphatic heterocycles. The van der Waals surface area contributed by atoms with E-state index in [-0.39, 0.29) is 170 Å². The number of aliphatic hydroxyl groups excluding tert-OH is 3. The number of rotatable bonds is 62. The van der Waals surface area contributed by atoms with Gasteiger partial charge in [0.2, 0.25) is 35.4 Å². The van der Waals surface area contributed by atoms with E-state index in [1.54, 1.807) is 0 Å². The highest BCUT2D eigenvalue weighted by molar-refractivity contribution is 5.86. The van der Waals surface area contributed by atoms with Crippen molar-refractivity contribution < 1.29 is 178 Å². The summed E-state index contributed by atoms with van der Waals surface area (Å²) in [4.78, 5) is 187. The number of esters is 9. The number of carbonyl (C=O) groups is 15. The van der Waals surface area contributed by atoms with Gasteiger partial charge in [-0.25, -0.2) is 0 Å². The Bertz CT molecular complexity index is 3310. The smallest absolute Gasteiger partial charge is 0.307 e. The van der Waals surface area contributed by atoms with Crippen molar-refractivity contribution in [3.05, 3.63) is 64.2 Å². The van der Waals surface area contributed by atoms with Gasteiger partial charge in [0, 0.05) is 122 Å². The van der Waals surface area contributed by atoms with Crippen LogP contribution in [0.1, 0.15) is 108 Å². The topological polar surface area (TPSA) is 579 Å². The summed E-state index contributed by atoms with van der Waals surface area (Å²) in [6.45, 7) is 8.59. The van der Waals surface area contributed by atoms with Crippen LogP contribution in [0.15, 0.2) is 58.6 Å². The second-order valence-corrected chi connectivity index (χ2v) is 24.5. The zero-order valence-corrected chi connectivity index (χ0v) is 67.7. The van der Waals surface area contributed by atoms with Crippen LogP contribution >= 0.6 is 0 Å². The van der Waals surface area contributed by atoms with E-state index in [1.165, 1.54) is 29.2 Å². The van der Waals surface area contributed by atoms with Gasteiger partial charge in [-0.15, -0.1) is 0 Å². The summed E-state index contributed by atoms with van der Waals surface area (Å²) in [7, 11) is 0. The first-order valence-electron chi connectivity index (χ1n) is 36.6. The van der Waals surface area contributed by atoms with Crippen LogP contribution in [0.5, 0.6) is 5.75 Å². The van der Waals surface area contributed by atoms with Gasteiger partial charge in [0.05, 0.1) is 138 Å². The first-order valence-corrected chi connectivity index (χ1v) is 36.6. The van der Waals surface area contributed by atoms with Crippen LogP contribution in [0.3, 0.4) is 0 Å². The monoisotopic (exact) mass is 1680 g/mol. The van der Waals surface area contributed by atoms with Crippen LogP contribution in [0.25, 0.3) is 0 Å². The highest BCUT2D eigenvalue weighted by atomic mass is 16.7. The van der Waals surface area contributed by atoms with Gasteiger partial charge in [0.15, 0.2) is 54.5 Å². The summed E-state index contributed by atoms with van der Waals surface area (Å²) in [5, 5.41) is 58.2. The number of hydrogen-bond donors (Lipinski definition) is 10. The Morgan fingerprint density at radius 2 is 0.615 bits per heavy atom. The number of benzene rings is 1. The average molecular weight is 1680 g/mol. The SMILES string of the molecule is CC(=O)N/C(=C(\OC(C)=O)C(CCOC(C)=O)OC(C)=O)C(O)OCCOCCOCCNC(=O)CN(CC(=O)NCCOCCOCCOC(O)/C(NC(C)=O)=C(\OC(C)=O)C(CCOC(C)=O)OC(C)=O)C(Cc1ccc(O)cc1)C(=O)NCCOCCOCCOC(O)/C(NC(C)=O)=C(\OC(C)=O)C(CCOC(C)=O)OC(C)=O. The number of aromatic hydroxyl groups is 1. The molecule has 0 bridgehead atoms. The molecule has 1 rings (SSSR count). The lowest BCUT2D eigenvalue weighted by atomic mass is 10.0. The maximum absolute atomic E-state index is 14.3. The number of phenols is 1. The molecule has 0 spiro atoms. The second-order valence-electron chi connectivity index (χ2n) is 24.5. The average Bonchev–Trinajstić information content (AvgIpc) is 0.859. The highest BCUT2D eigenvalue weighted by Crippen LogP contribution is 2.25. The second kappa shape index (κ2) is 61.2. The lowest BCUT2D eigenvalue weighted by Crippen LogP contribution is -2.54. The third kappa shape index (κ3) is 51.5. The summed E-state index contributed by atoms with van der Waals surface area (Å²) in [5.41, 5.74) is -0.967. The number of carbonyl (C=O) groups excluding carboxylic acids is 15. The van der Waals surface area contributed by atoms with E-state index in [0.29, 0.717) is 5.56 Å². The predicted molar refractivity (Wildman–Crippen MR) is 395 cm³/mol. The van der Waals surface area contributed by atoms with Gasteiger partial charge >= 0.3 is 53.7 Å². The minimum absolute atomic E-state index is 0.0305. The van der Waals surface area contributed by atoms with Crippen molar-refractivity contribution in [2.75, 3.05) is 152 Å². The molecule has 0 saturated carbocycles. The van der Waals surface area contributed by atoms with Crippen molar-refractivity contribution in [3.8, 4) is 5.75 Å². The molecule has 0 aliphatic rings. The number of ether oxygens (including phenoxy) is 18. The van der Waals surface area contributed by atoms with Crippen LogP contribution in [-0.2, 0) is 164 Å². The summed E-state index contributed by atoms with van der Waals surface area (Å²) in [5.74, 6) is -13.1. The fraction of sp³-hybridized carbons (Fsp3) is 0.630. The largest absolute Gasteiger partial charge is 0.508 e. The molecule has 6 amide bonds. The molecule has 0 heterocycles. The minimum atomic E-state index is -1.99. The summed E-state index contributed by atoms with van der Waals surface area (Å²) >= 11 is 0. The van der Waals surface area contributed by atoms with E-state index in [9.17, 15) is 92.3 Å². The van der Waals surface area contributed by atoms with Gasteiger partial charge in [-0.3, -0.25) is 76.8 Å². The molecule has 7 unspecified atom stereocenters. The molecule has 660 valence electrons. The van der Waals surface area contributed by atoms with Crippen LogP contribution in [0.2, 0.25) is 0 Å². The Hall–Kier alpha value is -10.2. The number of hydrogen-bond acceptors (Lipinski definition) is 38. The van der Waals surface area contributed by atoms with Crippen LogP contribution in [0.4, 0.5) is 0 Å². The van der Waals surface area contributed by atoms with Gasteiger partial charge in [-0.2, -0.15) is 0 Å². The molecule has 0 fully saturated rings. The van der Waals surface area contributed by atoms with Gasteiger partial charge in [-0.05, 0) is 24.1 Å². The Morgan fingerprint density at radius 3 is 0.880 bits per heavy atom. The fourth-order valence-electron chi connectivity index (χ4n) is 9.67. The van der Waals surface area contributed by atoms with Crippen molar-refractivity contribution in [3.63, 3.8) is 0 Å². The molecule has 0 radical (unpaired) electrons. The number of phenolic OH excluding ortho intramolecular Hbond substituents is 1. The summed E-state index contributed by atoms with van der Waals surface area (Å²) in [6, 6.07) is 4.58. The van der Waals surface area contributed by atoms with Crippen molar-refractivity contribution in [2.24, 2.45) is 0 Å². The highest BCUT2D eigenvalue weighted by Gasteiger charge is 2.35. The third-order valence-corrected chi connectivity index (χ3v) is 14.2. The standard InChI is InChI=1S/C73H111N7O37/c1-44(81)77-64(67(115-53(10)90)59(112-50(7)87)17-23-106-47(4)84)71(97)109-38-35-103-32-29-100-26-20-74-62(94)42-80(43-63(95)75-21-27-101-30-33-104-36-39-110-72(98)65(78-45(2)82)68(116-54(11)91)60(113-51(8)88)18-24-107-48(5)85)58(41-56-13-15-57(93)16-14-56)70(96)76-22-28-102-31-34-105-37-40-111-73(99)66(79-46(3)83)69(117-55(12)92)61(114-52(9)89)19-25-108-49(6)86/h13-16,58-61,71-73,93,97-99H,17-43H2,1-12H3,(H,74,94)(H,75,95)(H,76,96)(H,77,81)(H,78,82)(H,79,83)/b67-64-,68-65+,69-66+. The van der Waals surface area contributed by atoms with E-state index < -0.39 is 180 Å². The van der Waals surface area contributed by atoms with Gasteiger partial charge < -0.3 is 138 Å². The molecule has 10 N–H and O–H groups in total. The molecule has 44 nitrogen and oxygen atoms in total. The summed E-state index contributed by atoms with van der Waals surface area (Å²) < 4.78 is 96.2. The number of nitrogens with one attached hydrogen (secondary N) is 6. The molecule has 0 aromatic heterocycles. The molecule has 7 atom stereocenters. The molecule has 117 heavy (non-hydrogen) atoms. The van der Waals surface area contributed by atoms with Crippen LogP contribution < -0.4 is 31.9 Å². The quantitative estimate of drug-likeness (QED) is 0.0105. The van der Waals surface area contributed by atoms with E-state index in [2.05, 4.69) is 31.9 Å². The number of amides is 6. The Morgan fingerprint density at radius 1 is 0.342 bits per heavy atom. The first-order chi connectivity index (χ1) is 55.4. The van der Waals surface area contributed by atoms with E-state index in [1.807, 2.05) is 0 Å². The third-order valence-electron chi connectivity index (χ3n) is 14.2. The van der Waals surface area contributed by atoms with Crippen molar-refractivity contribution in [1.29, 1.82) is 0 Å². The number of aliphatic hydroxyl groups is 3.